The summed E-state index contributed by atoms with van der Waals surface area (Å²) in [5, 5.41) is 21.5. The van der Waals surface area contributed by atoms with E-state index in [9.17, 15) is 22.7 Å². The number of aryl methyl sites for hydroxylation is 1. The van der Waals surface area contributed by atoms with E-state index >= 15 is 0 Å². The third-order valence-electron chi connectivity index (χ3n) is 6.70. The van der Waals surface area contributed by atoms with Gasteiger partial charge < -0.3 is 19.7 Å². The number of halogens is 4. The molecule has 2 N–H and O–H groups in total. The molecule has 1 aliphatic carbocycles. The van der Waals surface area contributed by atoms with Crippen molar-refractivity contribution < 1.29 is 27.1 Å². The van der Waals surface area contributed by atoms with Crippen LogP contribution >= 0.6 is 0 Å². The molecule has 1 aliphatic heterocycles. The van der Waals surface area contributed by atoms with E-state index in [1.165, 1.54) is 0 Å². The largest absolute Gasteiger partial charge is 0.402 e. The van der Waals surface area contributed by atoms with Crippen LogP contribution in [0.15, 0.2) is 22.6 Å². The van der Waals surface area contributed by atoms with Crippen LogP contribution in [-0.4, -0.2) is 57.4 Å². The molecule has 3 aromatic rings. The summed E-state index contributed by atoms with van der Waals surface area (Å²) in [6.45, 7) is 7.40. The summed E-state index contributed by atoms with van der Waals surface area (Å²) in [7, 11) is 0. The van der Waals surface area contributed by atoms with Crippen LogP contribution < -0.4 is 10.2 Å². The van der Waals surface area contributed by atoms with Gasteiger partial charge in [-0.25, -0.2) is 22.5 Å². The van der Waals surface area contributed by atoms with E-state index < -0.39 is 24.0 Å². The molecule has 0 spiro atoms. The fourth-order valence-corrected chi connectivity index (χ4v) is 4.67. The quantitative estimate of drug-likeness (QED) is 0.488. The molecule has 2 aromatic heterocycles. The fraction of sp³-hybridized carbons (Fsp3) is 0.542. The molecule has 35 heavy (non-hydrogen) atoms. The lowest BCUT2D eigenvalue weighted by Gasteiger charge is -2.42. The Hall–Kier alpha value is -2.95. The molecule has 2 aliphatic rings. The molecule has 0 bridgehead atoms. The molecule has 0 atom stereocenters. The lowest BCUT2D eigenvalue weighted by molar-refractivity contribution is -0.148. The van der Waals surface area contributed by atoms with Crippen molar-refractivity contribution >= 4 is 22.6 Å². The number of rotatable bonds is 5. The zero-order valence-corrected chi connectivity index (χ0v) is 19.9. The average molecular weight is 494 g/mol. The van der Waals surface area contributed by atoms with E-state index in [1.807, 2.05) is 39.8 Å². The zero-order valence-electron chi connectivity index (χ0n) is 19.9. The highest BCUT2D eigenvalue weighted by molar-refractivity contribution is 5.91. The van der Waals surface area contributed by atoms with Gasteiger partial charge in [0.2, 0.25) is 0 Å². The predicted octanol–water partition coefficient (Wildman–Crippen LogP) is 4.92. The highest BCUT2D eigenvalue weighted by Gasteiger charge is 2.50. The second kappa shape index (κ2) is 7.78. The minimum atomic E-state index is -2.81. The monoisotopic (exact) mass is 493 g/mol. The second-order valence-electron chi connectivity index (χ2n) is 10.7. The number of hydrogen-bond donors (Lipinski definition) is 2. The molecule has 1 saturated heterocycles. The first-order valence-corrected chi connectivity index (χ1v) is 11.4. The predicted molar refractivity (Wildman–Crippen MR) is 123 cm³/mol. The van der Waals surface area contributed by atoms with Crippen molar-refractivity contribution in [1.29, 1.82) is 0 Å². The molecule has 5 rings (SSSR count). The Morgan fingerprint density at radius 1 is 1.14 bits per heavy atom. The number of aliphatic hydroxyl groups is 1. The summed E-state index contributed by atoms with van der Waals surface area (Å²) in [4.78, 5) is 6.45. The molecule has 188 valence electrons. The summed E-state index contributed by atoms with van der Waals surface area (Å²) in [5.74, 6) is -2.51. The number of hydrogen-bond acceptors (Lipinski definition) is 7. The molecule has 1 saturated carbocycles. The SMILES string of the molecule is Cc1cc(-c2nnc(NC3CC(O)(C(F)F)C3)o2)nc2c(C(C)(C)C)cc(N3CC(F)(F)C3)cc12. The molecule has 0 amide bonds. The first kappa shape index (κ1) is 23.8. The molecule has 0 radical (unpaired) electrons. The number of fused-ring (bicyclic) bond motifs is 1. The van der Waals surface area contributed by atoms with Gasteiger partial charge in [-0.3, -0.25) is 0 Å². The third-order valence-corrected chi connectivity index (χ3v) is 6.70. The van der Waals surface area contributed by atoms with Crippen molar-refractivity contribution in [3.05, 3.63) is 29.3 Å². The highest BCUT2D eigenvalue weighted by Crippen LogP contribution is 2.41. The number of benzene rings is 1. The number of anilines is 2. The molecular weight excluding hydrogens is 466 g/mol. The van der Waals surface area contributed by atoms with Crippen molar-refractivity contribution in [2.45, 2.75) is 69.9 Å². The van der Waals surface area contributed by atoms with Gasteiger partial charge in [-0.2, -0.15) is 0 Å². The Labute approximate surface area is 199 Å². The molecule has 7 nitrogen and oxygen atoms in total. The van der Waals surface area contributed by atoms with E-state index in [2.05, 4.69) is 15.5 Å². The van der Waals surface area contributed by atoms with Crippen LogP contribution in [0.2, 0.25) is 0 Å². The van der Waals surface area contributed by atoms with E-state index in [0.29, 0.717) is 5.69 Å². The van der Waals surface area contributed by atoms with Crippen LogP contribution in [0.3, 0.4) is 0 Å². The Balaban J connectivity index is 1.45. The highest BCUT2D eigenvalue weighted by atomic mass is 19.3. The van der Waals surface area contributed by atoms with Crippen molar-refractivity contribution in [3.63, 3.8) is 0 Å². The summed E-state index contributed by atoms with van der Waals surface area (Å²) in [5.41, 5.74) is 1.39. The van der Waals surface area contributed by atoms with Gasteiger partial charge in [0.15, 0.2) is 0 Å². The maximum atomic E-state index is 13.5. The molecule has 1 aromatic carbocycles. The summed E-state index contributed by atoms with van der Waals surface area (Å²) < 4.78 is 58.4. The maximum Gasteiger partial charge on any atom is 0.316 e. The van der Waals surface area contributed by atoms with Gasteiger partial charge in [-0.05, 0) is 41.7 Å². The molecule has 11 heteroatoms. The van der Waals surface area contributed by atoms with Crippen LogP contribution in [-0.2, 0) is 5.41 Å². The van der Waals surface area contributed by atoms with Gasteiger partial charge in [0.05, 0.1) is 18.6 Å². The molecule has 3 heterocycles. The fourth-order valence-electron chi connectivity index (χ4n) is 4.67. The normalized spacial score (nSPS) is 23.9. The first-order valence-electron chi connectivity index (χ1n) is 11.4. The van der Waals surface area contributed by atoms with Gasteiger partial charge in [0, 0.05) is 30.0 Å². The van der Waals surface area contributed by atoms with E-state index in [-0.39, 0.29) is 43.3 Å². The van der Waals surface area contributed by atoms with Crippen LogP contribution in [0.1, 0.15) is 44.7 Å². The number of aromatic nitrogens is 3. The first-order chi connectivity index (χ1) is 16.2. The van der Waals surface area contributed by atoms with Crippen molar-refractivity contribution in [1.82, 2.24) is 15.2 Å². The number of nitrogens with one attached hydrogen (secondary N) is 1. The molecule has 0 unspecified atom stereocenters. The van der Waals surface area contributed by atoms with Gasteiger partial charge in [0.1, 0.15) is 11.3 Å². The van der Waals surface area contributed by atoms with Gasteiger partial charge in [-0.1, -0.05) is 25.9 Å². The topological polar surface area (TPSA) is 87.3 Å². The van der Waals surface area contributed by atoms with Crippen LogP contribution in [0, 0.1) is 6.92 Å². The van der Waals surface area contributed by atoms with Crippen molar-refractivity contribution in [2.75, 3.05) is 23.3 Å². The molecular formula is C24H27F4N5O2. The van der Waals surface area contributed by atoms with E-state index in [4.69, 9.17) is 9.40 Å². The van der Waals surface area contributed by atoms with Gasteiger partial charge in [0.25, 0.3) is 18.2 Å². The maximum absolute atomic E-state index is 13.5. The third kappa shape index (κ3) is 4.30. The van der Waals surface area contributed by atoms with Gasteiger partial charge in [-0.15, -0.1) is 5.10 Å². The summed E-state index contributed by atoms with van der Waals surface area (Å²) in [6.07, 6.45) is -3.04. The van der Waals surface area contributed by atoms with Crippen molar-refractivity contribution in [2.24, 2.45) is 0 Å². The minimum Gasteiger partial charge on any atom is -0.402 e. The van der Waals surface area contributed by atoms with Crippen LogP contribution in [0.4, 0.5) is 29.3 Å². The number of nitrogens with zero attached hydrogens (tertiary/aromatic N) is 4. The number of alkyl halides is 4. The Morgan fingerprint density at radius 3 is 2.43 bits per heavy atom. The number of pyridine rings is 1. The lowest BCUT2D eigenvalue weighted by Crippen LogP contribution is -2.56. The van der Waals surface area contributed by atoms with Crippen molar-refractivity contribution in [3.8, 4) is 11.6 Å². The average Bonchev–Trinajstić information content (AvgIpc) is 3.17. The summed E-state index contributed by atoms with van der Waals surface area (Å²) in [6, 6.07) is 5.25. The Bertz CT molecular complexity index is 1270. The van der Waals surface area contributed by atoms with Gasteiger partial charge >= 0.3 is 6.01 Å². The smallest absolute Gasteiger partial charge is 0.316 e. The van der Waals surface area contributed by atoms with E-state index in [1.54, 1.807) is 11.0 Å². The Kier molecular flexibility index (Phi) is 5.28. The molecule has 2 fully saturated rings. The lowest BCUT2D eigenvalue weighted by atomic mass is 9.76. The second-order valence-corrected chi connectivity index (χ2v) is 10.7. The summed E-state index contributed by atoms with van der Waals surface area (Å²) >= 11 is 0. The standard InChI is InChI=1S/C24H27F4N5O2/c1-12-5-17(19-31-32-21(35-19)29-13-8-23(34,9-13)20(25)26)30-18-15(12)6-14(7-16(18)22(2,3)4)33-10-24(27,28)11-33/h5-7,13,20,34H,8-11H2,1-4H3,(H,29,32). The minimum absolute atomic E-state index is 0.0611. The van der Waals surface area contributed by atoms with Crippen LogP contribution in [0.5, 0.6) is 0 Å². The van der Waals surface area contributed by atoms with Crippen LogP contribution in [0.25, 0.3) is 22.5 Å². The van der Waals surface area contributed by atoms with E-state index in [0.717, 1.165) is 27.7 Å². The Morgan fingerprint density at radius 2 is 1.83 bits per heavy atom. The zero-order chi connectivity index (χ0) is 25.3.